The Kier molecular flexibility index (Phi) is 7.55. The number of para-hydroxylation sites is 1. The zero-order valence-corrected chi connectivity index (χ0v) is 19.8. The fraction of sp³-hybridized carbons (Fsp3) is 0.250. The van der Waals surface area contributed by atoms with Gasteiger partial charge in [0.25, 0.3) is 11.8 Å². The quantitative estimate of drug-likeness (QED) is 0.462. The maximum Gasteiger partial charge on any atom is 0.284 e. The molecule has 1 aliphatic heterocycles. The normalized spacial score (nSPS) is 13.2. The number of halogens is 2. The van der Waals surface area contributed by atoms with E-state index in [9.17, 15) is 9.59 Å². The van der Waals surface area contributed by atoms with Crippen LogP contribution in [-0.2, 0) is 19.5 Å². The van der Waals surface area contributed by atoms with Crippen molar-refractivity contribution in [3.05, 3.63) is 60.7 Å². The molecule has 3 aromatic rings. The van der Waals surface area contributed by atoms with Crippen molar-refractivity contribution in [1.29, 1.82) is 0 Å². The number of fused-ring (bicyclic) bond motifs is 1. The Morgan fingerprint density at radius 1 is 1.23 bits per heavy atom. The second kappa shape index (κ2) is 9.97. The van der Waals surface area contributed by atoms with Gasteiger partial charge in [-0.2, -0.15) is 0 Å². The fourth-order valence-electron chi connectivity index (χ4n) is 3.21. The average Bonchev–Trinajstić information content (AvgIpc) is 3.34. The van der Waals surface area contributed by atoms with E-state index in [4.69, 9.17) is 17.3 Å². The summed E-state index contributed by atoms with van der Waals surface area (Å²) in [7, 11) is 2.05. The molecule has 3 heterocycles. The minimum atomic E-state index is -0.299. The number of carbonyl (C=O) groups is 2. The highest BCUT2D eigenvalue weighted by Crippen LogP contribution is 2.28. The third-order valence-electron chi connectivity index (χ3n) is 4.77. The van der Waals surface area contributed by atoms with Crippen molar-refractivity contribution in [2.45, 2.75) is 19.5 Å². The third-order valence-corrected chi connectivity index (χ3v) is 7.09. The number of benzene rings is 1. The van der Waals surface area contributed by atoms with Crippen molar-refractivity contribution in [2.24, 2.45) is 0 Å². The number of thiazole rings is 1. The van der Waals surface area contributed by atoms with E-state index in [1.807, 2.05) is 6.07 Å². The van der Waals surface area contributed by atoms with Crippen molar-refractivity contribution in [3.63, 3.8) is 0 Å². The van der Waals surface area contributed by atoms with Crippen LogP contribution in [0.25, 0.3) is 0 Å². The molecule has 4 N–H and O–H groups in total. The number of nitrogens with one attached hydrogen (secondary N) is 2. The number of carbonyl (C=O) groups excluding carboxylic acids is 2. The number of rotatable bonds is 5. The van der Waals surface area contributed by atoms with Crippen LogP contribution in [0, 0.1) is 0 Å². The van der Waals surface area contributed by atoms with Crippen LogP contribution in [-0.4, -0.2) is 35.3 Å². The zero-order chi connectivity index (χ0) is 21.3. The van der Waals surface area contributed by atoms with Gasteiger partial charge in [-0.15, -0.1) is 35.1 Å². The summed E-state index contributed by atoms with van der Waals surface area (Å²) < 4.78 is 0.550. The SMILES string of the molecule is CN1CCc2nc(C(=O)Nc3c(N)cccc3CNC(=O)c3ccc(Cl)s3)sc2C1.Cl. The minimum Gasteiger partial charge on any atom is -0.397 e. The van der Waals surface area contributed by atoms with Crippen LogP contribution in [0.2, 0.25) is 4.34 Å². The standard InChI is InChI=1S/C20H20ClN5O2S2.ClH/c1-26-8-7-13-15(10-26)30-20(24-13)19(28)25-17-11(3-2-4-12(17)22)9-23-18(27)14-5-6-16(21)29-14;/h2-6H,7-10,22H2,1H3,(H,23,27)(H,25,28);1H. The van der Waals surface area contributed by atoms with Gasteiger partial charge in [0.1, 0.15) is 0 Å². The van der Waals surface area contributed by atoms with Gasteiger partial charge in [0.05, 0.1) is 26.3 Å². The molecule has 0 fully saturated rings. The van der Waals surface area contributed by atoms with Crippen LogP contribution in [0.5, 0.6) is 0 Å². The van der Waals surface area contributed by atoms with E-state index in [1.165, 1.54) is 22.7 Å². The largest absolute Gasteiger partial charge is 0.397 e. The Morgan fingerprint density at radius 2 is 2.03 bits per heavy atom. The predicted octanol–water partition coefficient (Wildman–Crippen LogP) is 4.03. The third kappa shape index (κ3) is 5.36. The lowest BCUT2D eigenvalue weighted by Gasteiger charge is -2.20. The maximum absolute atomic E-state index is 12.8. The Balaban J connectivity index is 0.00000272. The van der Waals surface area contributed by atoms with Crippen molar-refractivity contribution in [1.82, 2.24) is 15.2 Å². The van der Waals surface area contributed by atoms with E-state index in [0.29, 0.717) is 31.2 Å². The van der Waals surface area contributed by atoms with E-state index in [0.717, 1.165) is 30.1 Å². The smallest absolute Gasteiger partial charge is 0.284 e. The molecule has 0 unspecified atom stereocenters. The number of aromatic nitrogens is 1. The highest BCUT2D eigenvalue weighted by atomic mass is 35.5. The van der Waals surface area contributed by atoms with Crippen LogP contribution in [0.4, 0.5) is 11.4 Å². The first-order valence-corrected chi connectivity index (χ1v) is 11.3. The number of amides is 2. The van der Waals surface area contributed by atoms with Gasteiger partial charge in [0.2, 0.25) is 0 Å². The van der Waals surface area contributed by atoms with Crippen LogP contribution >= 0.6 is 46.7 Å². The van der Waals surface area contributed by atoms with Gasteiger partial charge >= 0.3 is 0 Å². The van der Waals surface area contributed by atoms with E-state index in [2.05, 4.69) is 27.6 Å². The van der Waals surface area contributed by atoms with Gasteiger partial charge in [-0.3, -0.25) is 9.59 Å². The molecule has 0 saturated carbocycles. The number of nitrogen functional groups attached to an aromatic ring is 1. The first kappa shape index (κ1) is 23.5. The second-order valence-corrected chi connectivity index (χ2v) is 9.80. The van der Waals surface area contributed by atoms with Crippen molar-refractivity contribution in [2.75, 3.05) is 24.6 Å². The molecular weight excluding hydrogens is 477 g/mol. The molecule has 11 heteroatoms. The lowest BCUT2D eigenvalue weighted by atomic mass is 10.1. The monoisotopic (exact) mass is 497 g/mol. The number of hydrogen-bond donors (Lipinski definition) is 3. The maximum atomic E-state index is 12.8. The second-order valence-electron chi connectivity index (χ2n) is 7.00. The predicted molar refractivity (Wildman–Crippen MR) is 129 cm³/mol. The number of nitrogens with two attached hydrogens (primary N) is 1. The molecule has 0 aliphatic carbocycles. The first-order chi connectivity index (χ1) is 14.4. The molecular formula is C20H21Cl2N5O2S2. The molecule has 1 aromatic carbocycles. The minimum absolute atomic E-state index is 0. The molecule has 2 amide bonds. The fourth-order valence-corrected chi connectivity index (χ4v) is 5.25. The van der Waals surface area contributed by atoms with Gasteiger partial charge in [0.15, 0.2) is 5.01 Å². The van der Waals surface area contributed by atoms with E-state index in [-0.39, 0.29) is 30.8 Å². The van der Waals surface area contributed by atoms with Crippen molar-refractivity contribution in [3.8, 4) is 0 Å². The summed E-state index contributed by atoms with van der Waals surface area (Å²) in [5.74, 6) is -0.532. The number of nitrogens with zero attached hydrogens (tertiary/aromatic N) is 2. The summed E-state index contributed by atoms with van der Waals surface area (Å²) in [6.07, 6.45) is 0.840. The van der Waals surface area contributed by atoms with Gasteiger partial charge in [-0.05, 0) is 30.8 Å². The molecule has 4 rings (SSSR count). The topological polar surface area (TPSA) is 100 Å². The Morgan fingerprint density at radius 3 is 2.77 bits per heavy atom. The van der Waals surface area contributed by atoms with E-state index >= 15 is 0 Å². The van der Waals surface area contributed by atoms with Gasteiger partial charge in [-0.1, -0.05) is 23.7 Å². The molecule has 0 radical (unpaired) electrons. The Hall–Kier alpha value is -2.17. The van der Waals surface area contributed by atoms with Gasteiger partial charge in [-0.25, -0.2) is 4.98 Å². The van der Waals surface area contributed by atoms with Crippen molar-refractivity contribution >= 4 is 69.9 Å². The molecule has 0 bridgehead atoms. The van der Waals surface area contributed by atoms with Crippen LogP contribution in [0.1, 0.15) is 35.6 Å². The van der Waals surface area contributed by atoms with E-state index in [1.54, 1.807) is 24.3 Å². The number of thiophene rings is 1. The van der Waals surface area contributed by atoms with Crippen LogP contribution in [0.3, 0.4) is 0 Å². The summed E-state index contributed by atoms with van der Waals surface area (Å²) in [6, 6.07) is 8.66. The average molecular weight is 498 g/mol. The zero-order valence-electron chi connectivity index (χ0n) is 16.6. The lowest BCUT2D eigenvalue weighted by molar-refractivity contribution is 0.0954. The Labute approximate surface area is 199 Å². The molecule has 0 saturated heterocycles. The van der Waals surface area contributed by atoms with Crippen molar-refractivity contribution < 1.29 is 9.59 Å². The lowest BCUT2D eigenvalue weighted by Crippen LogP contribution is -2.25. The summed E-state index contributed by atoms with van der Waals surface area (Å²) in [5, 5.41) is 6.14. The van der Waals surface area contributed by atoms with E-state index < -0.39 is 0 Å². The molecule has 0 atom stereocenters. The summed E-state index contributed by atoms with van der Waals surface area (Å²) in [4.78, 5) is 33.5. The highest BCUT2D eigenvalue weighted by Gasteiger charge is 2.22. The van der Waals surface area contributed by atoms with Crippen LogP contribution < -0.4 is 16.4 Å². The van der Waals surface area contributed by atoms with Gasteiger partial charge in [0, 0.05) is 30.9 Å². The Bertz CT molecular complexity index is 1110. The van der Waals surface area contributed by atoms with Gasteiger partial charge < -0.3 is 21.3 Å². The number of hydrogen-bond acceptors (Lipinski definition) is 7. The molecule has 2 aromatic heterocycles. The summed E-state index contributed by atoms with van der Waals surface area (Å²) >= 11 is 8.51. The number of anilines is 2. The molecule has 0 spiro atoms. The molecule has 164 valence electrons. The first-order valence-electron chi connectivity index (χ1n) is 9.30. The highest BCUT2D eigenvalue weighted by molar-refractivity contribution is 7.18. The summed E-state index contributed by atoms with van der Waals surface area (Å²) in [6.45, 7) is 1.95. The summed E-state index contributed by atoms with van der Waals surface area (Å²) in [5.41, 5.74) is 8.73. The number of likely N-dealkylation sites (N-methyl/N-ethyl adjacent to an activating group) is 1. The molecule has 7 nitrogen and oxygen atoms in total. The molecule has 1 aliphatic rings. The van der Waals surface area contributed by atoms with Crippen LogP contribution in [0.15, 0.2) is 30.3 Å². The molecule has 31 heavy (non-hydrogen) atoms.